The van der Waals surface area contributed by atoms with Crippen LogP contribution in [0, 0.1) is 6.92 Å². The van der Waals surface area contributed by atoms with Crippen molar-refractivity contribution in [3.63, 3.8) is 0 Å². The number of hydrazone groups is 1. The standard InChI is InChI=1S/C20H23ClN2O5/c1-12-10-15(7-8-16(12)21)28-13(2)20(24)23-22-11-14-6-9-17(25-3)19(27-5)18(14)26-4/h6-11,13H,1-5H3,(H,23,24)/t13-/m0/s1. The van der Waals surface area contributed by atoms with Crippen molar-refractivity contribution in [1.29, 1.82) is 0 Å². The number of methoxy groups -OCH3 is 3. The van der Waals surface area contributed by atoms with Gasteiger partial charge >= 0.3 is 0 Å². The summed E-state index contributed by atoms with van der Waals surface area (Å²) in [6.45, 7) is 3.49. The van der Waals surface area contributed by atoms with E-state index >= 15 is 0 Å². The Morgan fingerprint density at radius 2 is 1.82 bits per heavy atom. The normalized spacial score (nSPS) is 11.8. The molecule has 0 bridgehead atoms. The first-order valence-electron chi connectivity index (χ1n) is 8.46. The molecule has 0 aliphatic carbocycles. The Labute approximate surface area is 169 Å². The third-order valence-corrected chi connectivity index (χ3v) is 4.35. The summed E-state index contributed by atoms with van der Waals surface area (Å²) in [6, 6.07) is 8.66. The third-order valence-electron chi connectivity index (χ3n) is 3.92. The lowest BCUT2D eigenvalue weighted by molar-refractivity contribution is -0.127. The number of nitrogens with one attached hydrogen (secondary N) is 1. The number of carbonyl (C=O) groups is 1. The number of carbonyl (C=O) groups excluding carboxylic acids is 1. The zero-order valence-electron chi connectivity index (χ0n) is 16.4. The van der Waals surface area contributed by atoms with Crippen molar-refractivity contribution < 1.29 is 23.7 Å². The van der Waals surface area contributed by atoms with Crippen LogP contribution < -0.4 is 24.4 Å². The van der Waals surface area contributed by atoms with Gasteiger partial charge in [0.25, 0.3) is 5.91 Å². The Hall–Kier alpha value is -2.93. The molecule has 0 aliphatic heterocycles. The zero-order valence-corrected chi connectivity index (χ0v) is 17.2. The quantitative estimate of drug-likeness (QED) is 0.535. The van der Waals surface area contributed by atoms with Gasteiger partial charge in [-0.05, 0) is 49.7 Å². The second-order valence-electron chi connectivity index (χ2n) is 5.83. The SMILES string of the molecule is COc1ccc(C=NNC(=O)[C@H](C)Oc2ccc(Cl)c(C)c2)c(OC)c1OC. The van der Waals surface area contributed by atoms with Crippen LogP contribution in [0.5, 0.6) is 23.0 Å². The molecule has 0 aromatic heterocycles. The molecule has 0 aliphatic rings. The Morgan fingerprint density at radius 1 is 1.11 bits per heavy atom. The molecule has 0 spiro atoms. The summed E-state index contributed by atoms with van der Waals surface area (Å²) < 4.78 is 21.5. The summed E-state index contributed by atoms with van der Waals surface area (Å²) in [5.74, 6) is 1.56. The average molecular weight is 407 g/mol. The first-order valence-corrected chi connectivity index (χ1v) is 8.83. The molecule has 1 N–H and O–H groups in total. The molecule has 0 fully saturated rings. The van der Waals surface area contributed by atoms with Gasteiger partial charge in [0, 0.05) is 10.6 Å². The largest absolute Gasteiger partial charge is 0.493 e. The Bertz CT molecular complexity index is 870. The smallest absolute Gasteiger partial charge is 0.280 e. The van der Waals surface area contributed by atoms with E-state index in [2.05, 4.69) is 10.5 Å². The van der Waals surface area contributed by atoms with Gasteiger partial charge in [0.15, 0.2) is 17.6 Å². The summed E-state index contributed by atoms with van der Waals surface area (Å²) in [6.07, 6.45) is 0.711. The van der Waals surface area contributed by atoms with E-state index in [4.69, 9.17) is 30.5 Å². The van der Waals surface area contributed by atoms with Crippen LogP contribution in [0.3, 0.4) is 0 Å². The molecule has 150 valence electrons. The molecule has 2 rings (SSSR count). The van der Waals surface area contributed by atoms with Crippen LogP contribution in [0.25, 0.3) is 0 Å². The summed E-state index contributed by atoms with van der Waals surface area (Å²) >= 11 is 5.99. The summed E-state index contributed by atoms with van der Waals surface area (Å²) in [5, 5.41) is 4.61. The molecule has 0 unspecified atom stereocenters. The van der Waals surface area contributed by atoms with Gasteiger partial charge in [-0.1, -0.05) is 11.6 Å². The van der Waals surface area contributed by atoms with Crippen molar-refractivity contribution in [3.05, 3.63) is 46.5 Å². The van der Waals surface area contributed by atoms with Gasteiger partial charge in [0.2, 0.25) is 5.75 Å². The summed E-state index contributed by atoms with van der Waals surface area (Å²) in [4.78, 5) is 12.2. The van der Waals surface area contributed by atoms with Crippen LogP contribution in [0.1, 0.15) is 18.1 Å². The molecular weight excluding hydrogens is 384 g/mol. The minimum atomic E-state index is -0.745. The van der Waals surface area contributed by atoms with E-state index in [-0.39, 0.29) is 0 Å². The van der Waals surface area contributed by atoms with Crippen LogP contribution in [-0.2, 0) is 4.79 Å². The fourth-order valence-corrected chi connectivity index (χ4v) is 2.55. The lowest BCUT2D eigenvalue weighted by Gasteiger charge is -2.14. The molecule has 1 amide bonds. The number of aryl methyl sites for hydroxylation is 1. The van der Waals surface area contributed by atoms with Crippen LogP contribution in [0.4, 0.5) is 0 Å². The number of nitrogens with zero attached hydrogens (tertiary/aromatic N) is 1. The lowest BCUT2D eigenvalue weighted by Crippen LogP contribution is -2.33. The highest BCUT2D eigenvalue weighted by Crippen LogP contribution is 2.38. The Balaban J connectivity index is 2.05. The van der Waals surface area contributed by atoms with E-state index in [9.17, 15) is 4.79 Å². The average Bonchev–Trinajstić information content (AvgIpc) is 2.69. The molecule has 0 radical (unpaired) electrons. The fourth-order valence-electron chi connectivity index (χ4n) is 2.43. The van der Waals surface area contributed by atoms with Crippen LogP contribution in [0.2, 0.25) is 5.02 Å². The molecule has 28 heavy (non-hydrogen) atoms. The van der Waals surface area contributed by atoms with Crippen molar-refractivity contribution in [2.24, 2.45) is 5.10 Å². The predicted molar refractivity (Wildman–Crippen MR) is 108 cm³/mol. The fraction of sp³-hybridized carbons (Fsp3) is 0.300. The second-order valence-corrected chi connectivity index (χ2v) is 6.24. The topological polar surface area (TPSA) is 78.4 Å². The van der Waals surface area contributed by atoms with E-state index in [0.29, 0.717) is 33.6 Å². The minimum Gasteiger partial charge on any atom is -0.493 e. The van der Waals surface area contributed by atoms with E-state index in [1.165, 1.54) is 27.5 Å². The predicted octanol–water partition coefficient (Wildman–Crippen LogP) is 3.59. The highest BCUT2D eigenvalue weighted by Gasteiger charge is 2.16. The molecule has 2 aromatic carbocycles. The van der Waals surface area contributed by atoms with Crippen LogP contribution in [-0.4, -0.2) is 39.6 Å². The van der Waals surface area contributed by atoms with Crippen molar-refractivity contribution in [2.75, 3.05) is 21.3 Å². The lowest BCUT2D eigenvalue weighted by atomic mass is 10.2. The third kappa shape index (κ3) is 5.07. The number of benzene rings is 2. The number of hydrogen-bond donors (Lipinski definition) is 1. The Morgan fingerprint density at radius 3 is 2.43 bits per heavy atom. The molecular formula is C20H23ClN2O5. The van der Waals surface area contributed by atoms with E-state index in [0.717, 1.165) is 5.56 Å². The maximum atomic E-state index is 12.2. The molecule has 2 aromatic rings. The molecule has 0 saturated heterocycles. The summed E-state index contributed by atoms with van der Waals surface area (Å²) in [5.41, 5.74) is 3.93. The number of halogens is 1. The molecule has 0 heterocycles. The number of rotatable bonds is 8. The highest BCUT2D eigenvalue weighted by molar-refractivity contribution is 6.31. The summed E-state index contributed by atoms with van der Waals surface area (Å²) in [7, 11) is 4.56. The number of hydrogen-bond acceptors (Lipinski definition) is 6. The van der Waals surface area contributed by atoms with E-state index in [1.807, 2.05) is 6.92 Å². The Kier molecular flexibility index (Phi) is 7.52. The van der Waals surface area contributed by atoms with E-state index < -0.39 is 12.0 Å². The maximum Gasteiger partial charge on any atom is 0.280 e. The van der Waals surface area contributed by atoms with Crippen LogP contribution in [0.15, 0.2) is 35.4 Å². The van der Waals surface area contributed by atoms with Gasteiger partial charge < -0.3 is 18.9 Å². The minimum absolute atomic E-state index is 0.400. The first-order chi connectivity index (χ1) is 13.4. The van der Waals surface area contributed by atoms with Crippen molar-refractivity contribution in [2.45, 2.75) is 20.0 Å². The van der Waals surface area contributed by atoms with Gasteiger partial charge in [-0.15, -0.1) is 0 Å². The van der Waals surface area contributed by atoms with Crippen molar-refractivity contribution in [1.82, 2.24) is 5.43 Å². The van der Waals surface area contributed by atoms with Gasteiger partial charge in [-0.25, -0.2) is 5.43 Å². The molecule has 7 nitrogen and oxygen atoms in total. The maximum absolute atomic E-state index is 12.2. The van der Waals surface area contributed by atoms with E-state index in [1.54, 1.807) is 37.3 Å². The second kappa shape index (κ2) is 9.85. The van der Waals surface area contributed by atoms with Crippen molar-refractivity contribution in [3.8, 4) is 23.0 Å². The zero-order chi connectivity index (χ0) is 20.7. The van der Waals surface area contributed by atoms with Crippen LogP contribution >= 0.6 is 11.6 Å². The molecule has 1 atom stereocenters. The van der Waals surface area contributed by atoms with Gasteiger partial charge in [0.1, 0.15) is 5.75 Å². The first kappa shape index (κ1) is 21.4. The molecule has 8 heteroatoms. The van der Waals surface area contributed by atoms with Gasteiger partial charge in [0.05, 0.1) is 27.5 Å². The monoisotopic (exact) mass is 406 g/mol. The van der Waals surface area contributed by atoms with Crippen molar-refractivity contribution >= 4 is 23.7 Å². The number of ether oxygens (including phenoxy) is 4. The van der Waals surface area contributed by atoms with Gasteiger partial charge in [-0.3, -0.25) is 4.79 Å². The number of amides is 1. The highest BCUT2D eigenvalue weighted by atomic mass is 35.5. The molecule has 0 saturated carbocycles. The van der Waals surface area contributed by atoms with Gasteiger partial charge in [-0.2, -0.15) is 5.10 Å².